The Morgan fingerprint density at radius 3 is 2.62 bits per heavy atom. The lowest BCUT2D eigenvalue weighted by Crippen LogP contribution is -2.69. The van der Waals surface area contributed by atoms with Crippen molar-refractivity contribution in [3.05, 3.63) is 11.6 Å². The summed E-state index contributed by atoms with van der Waals surface area (Å²) in [5.74, 6) is -0.165. The number of nitrogens with zero attached hydrogens (tertiary/aromatic N) is 1. The van der Waals surface area contributed by atoms with Gasteiger partial charge in [0.05, 0.1) is 42.7 Å². The Labute approximate surface area is 248 Å². The summed E-state index contributed by atoms with van der Waals surface area (Å²) in [6.45, 7) is 4.53. The van der Waals surface area contributed by atoms with Crippen molar-refractivity contribution in [1.82, 2.24) is 0 Å². The van der Waals surface area contributed by atoms with Crippen LogP contribution in [-0.2, 0) is 23.7 Å². The molecule has 0 bridgehead atoms. The maximum atomic E-state index is 12.6. The number of aliphatic hydroxyl groups excluding tert-OH is 2. The van der Waals surface area contributed by atoms with Gasteiger partial charge in [0.25, 0.3) is 0 Å². The van der Waals surface area contributed by atoms with E-state index in [1.807, 2.05) is 13.1 Å². The molecule has 12 atom stereocenters. The highest BCUT2D eigenvalue weighted by Gasteiger charge is 2.71. The number of fused-ring (bicyclic) bond motifs is 5. The predicted molar refractivity (Wildman–Crippen MR) is 153 cm³/mol. The average Bonchev–Trinajstić information content (AvgIpc) is 3.50. The first-order chi connectivity index (χ1) is 20.0. The van der Waals surface area contributed by atoms with Crippen molar-refractivity contribution in [2.75, 3.05) is 26.9 Å². The Bertz CT molecular complexity index is 1100. The van der Waals surface area contributed by atoms with E-state index < -0.39 is 35.1 Å². The van der Waals surface area contributed by atoms with E-state index in [2.05, 4.69) is 11.9 Å². The van der Waals surface area contributed by atoms with Crippen LogP contribution in [0.25, 0.3) is 0 Å². The highest BCUT2D eigenvalue weighted by molar-refractivity contribution is 5.85. The summed E-state index contributed by atoms with van der Waals surface area (Å²) < 4.78 is 23.1. The number of esters is 1. The molecule has 5 fully saturated rings. The van der Waals surface area contributed by atoms with Gasteiger partial charge in [0.15, 0.2) is 6.29 Å². The number of aliphatic hydroxyl groups is 4. The van der Waals surface area contributed by atoms with E-state index in [-0.39, 0.29) is 54.5 Å². The minimum absolute atomic E-state index is 0.00957. The molecule has 0 aromatic rings. The fraction of sp³-hybridized carbons (Fsp3) is 0.875. The molecule has 236 valence electrons. The molecule has 0 amide bonds. The Balaban J connectivity index is 1.25. The first-order valence-corrected chi connectivity index (χ1v) is 16.0. The molecule has 6 aliphatic rings. The number of rotatable bonds is 7. The second-order valence-corrected chi connectivity index (χ2v) is 14.2. The minimum atomic E-state index is -1.08. The number of methoxy groups -OCH3 is 1. The second-order valence-electron chi connectivity index (χ2n) is 14.2. The van der Waals surface area contributed by atoms with Gasteiger partial charge >= 0.3 is 5.97 Å². The van der Waals surface area contributed by atoms with Gasteiger partial charge in [-0.3, -0.25) is 4.99 Å². The molecule has 0 aromatic heterocycles. The third kappa shape index (κ3) is 4.63. The fourth-order valence-corrected chi connectivity index (χ4v) is 10.3. The molecular formula is C32H49NO9. The number of aliphatic imine (C=N–C) groups is 1. The van der Waals surface area contributed by atoms with Crippen molar-refractivity contribution in [2.24, 2.45) is 33.6 Å². The monoisotopic (exact) mass is 591 g/mol. The molecule has 0 spiro atoms. The van der Waals surface area contributed by atoms with Crippen LogP contribution >= 0.6 is 0 Å². The number of hydrogen-bond donors (Lipinski definition) is 4. The van der Waals surface area contributed by atoms with Crippen LogP contribution in [0.3, 0.4) is 0 Å². The quantitative estimate of drug-likeness (QED) is 0.199. The SMILES string of the molecule is CO[C@@H]1C[C@H](O[C@@H]2CC[C@]3(C=NCCO)[C@H]4CC[C@]5(C)[C@H](C6=CC(=O)OC6)CC[C@]5(O)[C@@H]4CC[C@]3(O)C2)O[C@H](C)[C@@H]1O. The lowest BCUT2D eigenvalue weighted by atomic mass is 9.41. The minimum Gasteiger partial charge on any atom is -0.458 e. The standard InChI is InChI=1S/C32H49NO9/c1-19-28(36)25(39-3)15-27(41-19)42-21-4-9-30(18-33-12-13-34)23-5-8-29(2)22(20-14-26(35)40-17-20)7-11-32(29,38)24(23)6-10-31(30,37)16-21/h14,18-19,21-25,27-28,34,36-38H,4-13,15-17H2,1-3H3/t19-,21-,22+,23+,24-,25-,27+,28+,29-,30+,31+,32+/m1/s1. The van der Waals surface area contributed by atoms with Gasteiger partial charge in [-0.2, -0.15) is 0 Å². The molecule has 0 radical (unpaired) electrons. The Hall–Kier alpha value is -1.40. The molecule has 0 aromatic carbocycles. The van der Waals surface area contributed by atoms with Crippen LogP contribution in [0.15, 0.2) is 16.6 Å². The smallest absolute Gasteiger partial charge is 0.331 e. The van der Waals surface area contributed by atoms with Gasteiger partial charge in [0, 0.05) is 43.1 Å². The molecule has 10 nitrogen and oxygen atoms in total. The van der Waals surface area contributed by atoms with Crippen molar-refractivity contribution in [1.29, 1.82) is 0 Å². The van der Waals surface area contributed by atoms with Gasteiger partial charge in [-0.05, 0) is 81.6 Å². The van der Waals surface area contributed by atoms with E-state index in [4.69, 9.17) is 18.9 Å². The molecule has 4 aliphatic carbocycles. The molecule has 0 unspecified atom stereocenters. The summed E-state index contributed by atoms with van der Waals surface area (Å²) in [7, 11) is 1.58. The third-order valence-electron chi connectivity index (χ3n) is 12.5. The molecule has 10 heteroatoms. The zero-order valence-corrected chi connectivity index (χ0v) is 25.2. The molecule has 4 N–H and O–H groups in total. The van der Waals surface area contributed by atoms with E-state index in [0.29, 0.717) is 51.6 Å². The van der Waals surface area contributed by atoms with Gasteiger partial charge in [0.1, 0.15) is 12.7 Å². The number of hydrogen-bond acceptors (Lipinski definition) is 10. The molecule has 1 saturated heterocycles. The summed E-state index contributed by atoms with van der Waals surface area (Å²) in [5, 5.41) is 45.0. The van der Waals surface area contributed by atoms with E-state index >= 15 is 0 Å². The normalized spacial score (nSPS) is 50.6. The summed E-state index contributed by atoms with van der Waals surface area (Å²) in [6, 6.07) is 0. The highest BCUT2D eigenvalue weighted by Crippen LogP contribution is 2.70. The van der Waals surface area contributed by atoms with E-state index in [0.717, 1.165) is 24.8 Å². The van der Waals surface area contributed by atoms with E-state index in [1.165, 1.54) is 0 Å². The number of carbonyl (C=O) groups is 1. The number of cyclic esters (lactones) is 1. The zero-order chi connectivity index (χ0) is 29.9. The Morgan fingerprint density at radius 2 is 1.90 bits per heavy atom. The molecule has 2 aliphatic heterocycles. The van der Waals surface area contributed by atoms with Crippen LogP contribution in [0, 0.1) is 28.6 Å². The highest BCUT2D eigenvalue weighted by atomic mass is 16.7. The first kappa shape index (κ1) is 30.6. The fourth-order valence-electron chi connectivity index (χ4n) is 10.3. The van der Waals surface area contributed by atoms with Crippen LogP contribution in [0.2, 0.25) is 0 Å². The zero-order valence-electron chi connectivity index (χ0n) is 25.2. The summed E-state index contributed by atoms with van der Waals surface area (Å²) >= 11 is 0. The molecule has 2 heterocycles. The van der Waals surface area contributed by atoms with Crippen molar-refractivity contribution >= 4 is 12.2 Å². The molecule has 6 rings (SSSR count). The third-order valence-corrected chi connectivity index (χ3v) is 12.5. The topological polar surface area (TPSA) is 147 Å². The Morgan fingerprint density at radius 1 is 1.12 bits per heavy atom. The molecule has 4 saturated carbocycles. The van der Waals surface area contributed by atoms with Gasteiger partial charge in [-0.25, -0.2) is 4.79 Å². The first-order valence-electron chi connectivity index (χ1n) is 16.0. The predicted octanol–water partition coefficient (Wildman–Crippen LogP) is 2.30. The lowest BCUT2D eigenvalue weighted by molar-refractivity contribution is -0.284. The van der Waals surface area contributed by atoms with Crippen molar-refractivity contribution in [3.63, 3.8) is 0 Å². The van der Waals surface area contributed by atoms with Crippen molar-refractivity contribution < 1.29 is 44.2 Å². The maximum Gasteiger partial charge on any atom is 0.331 e. The van der Waals surface area contributed by atoms with Crippen LogP contribution < -0.4 is 0 Å². The van der Waals surface area contributed by atoms with Gasteiger partial charge in [-0.15, -0.1) is 0 Å². The molecule has 42 heavy (non-hydrogen) atoms. The average molecular weight is 592 g/mol. The van der Waals surface area contributed by atoms with Crippen molar-refractivity contribution in [3.8, 4) is 0 Å². The van der Waals surface area contributed by atoms with Crippen molar-refractivity contribution in [2.45, 2.75) is 120 Å². The second kappa shape index (κ2) is 11.2. The summed E-state index contributed by atoms with van der Waals surface area (Å²) in [5.41, 5.74) is -2.00. The largest absolute Gasteiger partial charge is 0.458 e. The molecular weight excluding hydrogens is 542 g/mol. The lowest BCUT2D eigenvalue weighted by Gasteiger charge is -2.66. The van der Waals surface area contributed by atoms with Crippen LogP contribution in [0.4, 0.5) is 0 Å². The van der Waals surface area contributed by atoms with Gasteiger partial charge < -0.3 is 39.4 Å². The van der Waals surface area contributed by atoms with E-state index in [9.17, 15) is 25.2 Å². The van der Waals surface area contributed by atoms with Crippen LogP contribution in [0.5, 0.6) is 0 Å². The summed E-state index contributed by atoms with van der Waals surface area (Å²) in [6.07, 6.45) is 7.86. The van der Waals surface area contributed by atoms with Gasteiger partial charge in [-0.1, -0.05) is 6.92 Å². The Kier molecular flexibility index (Phi) is 8.16. The summed E-state index contributed by atoms with van der Waals surface area (Å²) in [4.78, 5) is 16.5. The number of ether oxygens (including phenoxy) is 4. The number of carbonyl (C=O) groups excluding carboxylic acids is 1. The van der Waals surface area contributed by atoms with E-state index in [1.54, 1.807) is 13.2 Å². The maximum absolute atomic E-state index is 12.6. The van der Waals surface area contributed by atoms with Crippen LogP contribution in [0.1, 0.15) is 78.1 Å². The van der Waals surface area contributed by atoms with Gasteiger partial charge in [0.2, 0.25) is 0 Å². The van der Waals surface area contributed by atoms with Crippen LogP contribution in [-0.4, -0.2) is 101 Å².